The second-order valence-electron chi connectivity index (χ2n) is 6.23. The fourth-order valence-corrected chi connectivity index (χ4v) is 2.92. The monoisotopic (exact) mass is 321 g/mol. The van der Waals surface area contributed by atoms with Crippen LogP contribution in [0.5, 0.6) is 0 Å². The summed E-state index contributed by atoms with van der Waals surface area (Å²) in [5.74, 6) is 0.504. The number of hydrogen-bond donors (Lipinski definition) is 0. The van der Waals surface area contributed by atoms with Gasteiger partial charge in [0.25, 0.3) is 0 Å². The van der Waals surface area contributed by atoms with E-state index in [1.165, 1.54) is 10.2 Å². The number of nitrogens with zero attached hydrogens (tertiary/aromatic N) is 5. The third-order valence-corrected chi connectivity index (χ3v) is 4.36. The average molecular weight is 321 g/mol. The number of aromatic nitrogens is 5. The first-order valence-corrected chi connectivity index (χ1v) is 8.16. The van der Waals surface area contributed by atoms with Gasteiger partial charge in [-0.1, -0.05) is 38.1 Å². The maximum absolute atomic E-state index is 12.2. The highest BCUT2D eigenvalue weighted by molar-refractivity contribution is 5.76. The van der Waals surface area contributed by atoms with Crippen LogP contribution in [0.1, 0.15) is 32.3 Å². The van der Waals surface area contributed by atoms with Crippen LogP contribution in [0.3, 0.4) is 0 Å². The minimum atomic E-state index is -0.126. The molecule has 0 unspecified atom stereocenters. The van der Waals surface area contributed by atoms with Crippen molar-refractivity contribution in [2.45, 2.75) is 33.2 Å². The molecule has 6 heteroatoms. The van der Waals surface area contributed by atoms with Crippen molar-refractivity contribution in [3.05, 3.63) is 58.8 Å². The molecule has 122 valence electrons. The van der Waals surface area contributed by atoms with Gasteiger partial charge in [-0.05, 0) is 24.5 Å². The third kappa shape index (κ3) is 2.14. The molecule has 0 bridgehead atoms. The number of rotatable bonds is 3. The zero-order chi connectivity index (χ0) is 16.8. The van der Waals surface area contributed by atoms with Gasteiger partial charge in [-0.25, -0.2) is 18.4 Å². The minimum absolute atomic E-state index is 0.126. The number of fused-ring (bicyclic) bond motifs is 3. The van der Waals surface area contributed by atoms with Crippen molar-refractivity contribution in [2.24, 2.45) is 0 Å². The fraction of sp³-hybridized carbons (Fsp3) is 0.278. The van der Waals surface area contributed by atoms with Crippen LogP contribution < -0.4 is 5.69 Å². The molecule has 0 aliphatic heterocycles. The molecule has 4 rings (SSSR count). The van der Waals surface area contributed by atoms with E-state index in [2.05, 4.69) is 48.3 Å². The average Bonchev–Trinajstić information content (AvgIpc) is 3.16. The Balaban J connectivity index is 1.89. The molecule has 4 aromatic rings. The zero-order valence-corrected chi connectivity index (χ0v) is 14.0. The zero-order valence-electron chi connectivity index (χ0n) is 14.0. The summed E-state index contributed by atoms with van der Waals surface area (Å²) < 4.78 is 4.79. The molecule has 24 heavy (non-hydrogen) atoms. The molecule has 0 aliphatic rings. The van der Waals surface area contributed by atoms with Crippen molar-refractivity contribution in [2.75, 3.05) is 0 Å². The van der Waals surface area contributed by atoms with Crippen LogP contribution in [0.15, 0.2) is 47.5 Å². The third-order valence-electron chi connectivity index (χ3n) is 4.36. The van der Waals surface area contributed by atoms with Crippen molar-refractivity contribution in [1.29, 1.82) is 0 Å². The molecule has 0 saturated carbocycles. The van der Waals surface area contributed by atoms with Gasteiger partial charge in [0.05, 0.1) is 5.69 Å². The van der Waals surface area contributed by atoms with Gasteiger partial charge in [0.1, 0.15) is 5.52 Å². The number of aryl methyl sites for hydroxylation is 1. The van der Waals surface area contributed by atoms with Crippen molar-refractivity contribution in [3.8, 4) is 11.3 Å². The van der Waals surface area contributed by atoms with Crippen LogP contribution in [-0.2, 0) is 6.54 Å². The Labute approximate surface area is 139 Å². The van der Waals surface area contributed by atoms with Gasteiger partial charge >= 0.3 is 5.69 Å². The van der Waals surface area contributed by atoms with E-state index in [1.807, 2.05) is 13.0 Å². The molecule has 3 heterocycles. The highest BCUT2D eigenvalue weighted by Gasteiger charge is 2.12. The Morgan fingerprint density at radius 1 is 1.08 bits per heavy atom. The Morgan fingerprint density at radius 2 is 1.83 bits per heavy atom. The van der Waals surface area contributed by atoms with Crippen molar-refractivity contribution >= 4 is 11.2 Å². The molecule has 1 aromatic carbocycles. The molecular weight excluding hydrogens is 302 g/mol. The topological polar surface area (TPSA) is 56.6 Å². The Morgan fingerprint density at radius 3 is 2.50 bits per heavy atom. The van der Waals surface area contributed by atoms with Gasteiger partial charge in [-0.15, -0.1) is 5.10 Å². The summed E-state index contributed by atoms with van der Waals surface area (Å²) in [7, 11) is 0. The van der Waals surface area contributed by atoms with Gasteiger partial charge in [-0.2, -0.15) is 5.10 Å². The lowest BCUT2D eigenvalue weighted by molar-refractivity contribution is 0.634. The molecule has 0 aliphatic carbocycles. The van der Waals surface area contributed by atoms with Crippen molar-refractivity contribution in [3.63, 3.8) is 0 Å². The lowest BCUT2D eigenvalue weighted by atomic mass is 10.0. The first-order valence-electron chi connectivity index (χ1n) is 8.16. The second-order valence-corrected chi connectivity index (χ2v) is 6.23. The van der Waals surface area contributed by atoms with Crippen molar-refractivity contribution < 1.29 is 0 Å². The van der Waals surface area contributed by atoms with Crippen LogP contribution in [0, 0.1) is 0 Å². The Bertz CT molecular complexity index is 1080. The molecule has 0 fully saturated rings. The quantitative estimate of drug-likeness (QED) is 0.583. The predicted octanol–water partition coefficient (Wildman–Crippen LogP) is 2.95. The molecule has 0 radical (unpaired) electrons. The van der Waals surface area contributed by atoms with E-state index >= 15 is 0 Å². The second kappa shape index (κ2) is 5.33. The Kier molecular flexibility index (Phi) is 3.26. The highest BCUT2D eigenvalue weighted by Crippen LogP contribution is 2.23. The van der Waals surface area contributed by atoms with Gasteiger partial charge in [0.2, 0.25) is 0 Å². The maximum Gasteiger partial charge on any atom is 0.350 e. The van der Waals surface area contributed by atoms with Gasteiger partial charge in [0.15, 0.2) is 5.65 Å². The number of hydrogen-bond acceptors (Lipinski definition) is 3. The normalized spacial score (nSPS) is 11.8. The largest absolute Gasteiger partial charge is 0.350 e. The fourth-order valence-electron chi connectivity index (χ4n) is 2.92. The van der Waals surface area contributed by atoms with E-state index in [-0.39, 0.29) is 5.69 Å². The van der Waals surface area contributed by atoms with Crippen LogP contribution >= 0.6 is 0 Å². The van der Waals surface area contributed by atoms with Gasteiger partial charge < -0.3 is 0 Å². The van der Waals surface area contributed by atoms with Crippen LogP contribution in [-0.4, -0.2) is 23.8 Å². The molecule has 3 aromatic heterocycles. The van der Waals surface area contributed by atoms with Crippen LogP contribution in [0.25, 0.3) is 22.4 Å². The van der Waals surface area contributed by atoms with E-state index in [0.29, 0.717) is 18.1 Å². The standard InChI is InChI=1S/C18H19N5O/c1-4-22-18(24)21-9-10-23-16(17(21)20-22)11-15(19-23)14-7-5-13(6-8-14)12(2)3/h5-12H,4H2,1-3H3. The molecule has 0 spiro atoms. The maximum atomic E-state index is 12.2. The summed E-state index contributed by atoms with van der Waals surface area (Å²) in [5.41, 5.74) is 4.55. The summed E-state index contributed by atoms with van der Waals surface area (Å²) in [5, 5.41) is 9.03. The summed E-state index contributed by atoms with van der Waals surface area (Å²) in [6.45, 7) is 6.81. The molecule has 0 saturated heterocycles. The lowest BCUT2D eigenvalue weighted by Crippen LogP contribution is -2.19. The van der Waals surface area contributed by atoms with Crippen LogP contribution in [0.2, 0.25) is 0 Å². The lowest BCUT2D eigenvalue weighted by Gasteiger charge is -2.05. The summed E-state index contributed by atoms with van der Waals surface area (Å²) in [4.78, 5) is 12.2. The van der Waals surface area contributed by atoms with Gasteiger partial charge in [-0.3, -0.25) is 0 Å². The van der Waals surface area contributed by atoms with E-state index in [0.717, 1.165) is 16.8 Å². The van der Waals surface area contributed by atoms with Crippen molar-refractivity contribution in [1.82, 2.24) is 23.8 Å². The predicted molar refractivity (Wildman–Crippen MR) is 93.4 cm³/mol. The highest BCUT2D eigenvalue weighted by atomic mass is 16.2. The van der Waals surface area contributed by atoms with E-state index < -0.39 is 0 Å². The van der Waals surface area contributed by atoms with Gasteiger partial charge in [0, 0.05) is 24.5 Å². The SMILES string of the molecule is CCn1nc2c3cc(-c4ccc(C(C)C)cc4)nn3ccn2c1=O. The smallest absolute Gasteiger partial charge is 0.247 e. The van der Waals surface area contributed by atoms with E-state index in [9.17, 15) is 4.79 Å². The Hall–Kier alpha value is -2.89. The first-order chi connectivity index (χ1) is 11.6. The van der Waals surface area contributed by atoms with E-state index in [1.54, 1.807) is 21.3 Å². The molecule has 0 amide bonds. The minimum Gasteiger partial charge on any atom is -0.247 e. The van der Waals surface area contributed by atoms with E-state index in [4.69, 9.17) is 0 Å². The summed E-state index contributed by atoms with van der Waals surface area (Å²) >= 11 is 0. The summed E-state index contributed by atoms with van der Waals surface area (Å²) in [6.07, 6.45) is 3.50. The van der Waals surface area contributed by atoms with Crippen LogP contribution in [0.4, 0.5) is 0 Å². The molecule has 0 atom stereocenters. The molecule has 0 N–H and O–H groups in total. The number of benzene rings is 1. The summed E-state index contributed by atoms with van der Waals surface area (Å²) in [6, 6.07) is 10.4. The molecule has 6 nitrogen and oxygen atoms in total. The molecular formula is C18H19N5O. The first kappa shape index (κ1) is 14.7.